The summed E-state index contributed by atoms with van der Waals surface area (Å²) >= 11 is 7.88. The van der Waals surface area contributed by atoms with Crippen LogP contribution in [0.5, 0.6) is 0 Å². The van der Waals surface area contributed by atoms with Crippen molar-refractivity contribution in [2.45, 2.75) is 11.5 Å². The minimum absolute atomic E-state index is 0.0873. The predicted molar refractivity (Wildman–Crippen MR) is 104 cm³/mol. The van der Waals surface area contributed by atoms with Crippen LogP contribution in [0.3, 0.4) is 0 Å². The molecule has 0 aliphatic rings. The van der Waals surface area contributed by atoms with Crippen molar-refractivity contribution < 1.29 is 9.53 Å². The normalized spacial score (nSPS) is 11.1. The van der Waals surface area contributed by atoms with Crippen LogP contribution in [0.15, 0.2) is 65.6 Å². The van der Waals surface area contributed by atoms with Crippen molar-refractivity contribution in [3.05, 3.63) is 77.0 Å². The van der Waals surface area contributed by atoms with E-state index in [0.29, 0.717) is 10.7 Å². The van der Waals surface area contributed by atoms with Gasteiger partial charge in [-0.15, -0.1) is 11.8 Å². The minimum atomic E-state index is -0.419. The van der Waals surface area contributed by atoms with Gasteiger partial charge in [-0.1, -0.05) is 48.0 Å². The Bertz CT molecular complexity index is 926. The third-order valence-electron chi connectivity index (χ3n) is 3.63. The maximum atomic E-state index is 11.9. The zero-order chi connectivity index (χ0) is 17.6. The fourth-order valence-corrected chi connectivity index (χ4v) is 2.95. The molecule has 0 spiro atoms. The Labute approximate surface area is 155 Å². The average molecular weight is 370 g/mol. The van der Waals surface area contributed by atoms with Gasteiger partial charge in [0, 0.05) is 21.9 Å². The van der Waals surface area contributed by atoms with Crippen molar-refractivity contribution in [3.63, 3.8) is 0 Å². The third kappa shape index (κ3) is 4.62. The molecule has 0 unspecified atom stereocenters. The number of aromatic nitrogens is 1. The Hall–Kier alpha value is -2.30. The van der Waals surface area contributed by atoms with Gasteiger partial charge >= 0.3 is 5.97 Å². The highest BCUT2D eigenvalue weighted by atomic mass is 35.5. The molecule has 1 heterocycles. The Morgan fingerprint density at radius 3 is 2.76 bits per heavy atom. The lowest BCUT2D eigenvalue weighted by Crippen LogP contribution is -2.02. The van der Waals surface area contributed by atoms with Crippen LogP contribution < -0.4 is 0 Å². The summed E-state index contributed by atoms with van der Waals surface area (Å²) in [5.41, 5.74) is 2.46. The number of benzene rings is 2. The lowest BCUT2D eigenvalue weighted by atomic mass is 10.1. The van der Waals surface area contributed by atoms with Crippen LogP contribution >= 0.6 is 23.4 Å². The van der Waals surface area contributed by atoms with Gasteiger partial charge in [0.1, 0.15) is 11.8 Å². The highest BCUT2D eigenvalue weighted by molar-refractivity contribution is 7.98. The van der Waals surface area contributed by atoms with E-state index in [4.69, 9.17) is 16.3 Å². The first-order chi connectivity index (χ1) is 12.2. The van der Waals surface area contributed by atoms with E-state index < -0.39 is 5.97 Å². The SMILES string of the molecule is CSc1ccc2cc(COC(=O)/C=C/c3ccccc3)c(Cl)nc2c1. The molecule has 0 N–H and O–H groups in total. The number of carbonyl (C=O) groups excluding carboxylic acids is 1. The van der Waals surface area contributed by atoms with Gasteiger partial charge in [0.2, 0.25) is 0 Å². The van der Waals surface area contributed by atoms with Gasteiger partial charge in [0.15, 0.2) is 0 Å². The van der Waals surface area contributed by atoms with Crippen molar-refractivity contribution in [1.82, 2.24) is 4.98 Å². The molecule has 0 saturated carbocycles. The topological polar surface area (TPSA) is 39.2 Å². The van der Waals surface area contributed by atoms with Crippen LogP contribution in [0.4, 0.5) is 0 Å². The largest absolute Gasteiger partial charge is 0.458 e. The summed E-state index contributed by atoms with van der Waals surface area (Å²) in [7, 11) is 0. The molecule has 0 fully saturated rings. The molecule has 25 heavy (non-hydrogen) atoms. The number of thioether (sulfide) groups is 1. The number of fused-ring (bicyclic) bond motifs is 1. The number of esters is 1. The van der Waals surface area contributed by atoms with Gasteiger partial charge in [0.25, 0.3) is 0 Å². The number of hydrogen-bond acceptors (Lipinski definition) is 4. The summed E-state index contributed by atoms with van der Waals surface area (Å²) < 4.78 is 5.27. The zero-order valence-electron chi connectivity index (χ0n) is 13.6. The summed E-state index contributed by atoms with van der Waals surface area (Å²) in [5, 5.41) is 1.32. The fraction of sp³-hybridized carbons (Fsp3) is 0.100. The molecule has 3 aromatic rings. The monoisotopic (exact) mass is 369 g/mol. The molecule has 1 aromatic heterocycles. The predicted octanol–water partition coefficient (Wildman–Crippen LogP) is 5.37. The standard InChI is InChI=1S/C20H16ClNO2S/c1-25-17-9-8-15-11-16(20(21)22-18(15)12-17)13-24-19(23)10-7-14-5-3-2-4-6-14/h2-12H,13H2,1H3/b10-7+. The van der Waals surface area contributed by atoms with Gasteiger partial charge in [0.05, 0.1) is 5.52 Å². The number of carbonyl (C=O) groups is 1. The average Bonchev–Trinajstić information content (AvgIpc) is 2.65. The summed E-state index contributed by atoms with van der Waals surface area (Å²) in [6, 6.07) is 17.5. The molecule has 3 rings (SSSR count). The Morgan fingerprint density at radius 1 is 1.20 bits per heavy atom. The van der Waals surface area contributed by atoms with Crippen molar-refractivity contribution in [3.8, 4) is 0 Å². The second kappa shape index (κ2) is 8.19. The summed E-state index contributed by atoms with van der Waals surface area (Å²) in [6.45, 7) is 0.0873. The molecule has 5 heteroatoms. The van der Waals surface area contributed by atoms with Crippen LogP contribution in [0, 0.1) is 0 Å². The van der Waals surface area contributed by atoms with E-state index in [1.807, 2.05) is 60.9 Å². The molecular weight excluding hydrogens is 354 g/mol. The van der Waals surface area contributed by atoms with E-state index in [1.165, 1.54) is 6.08 Å². The van der Waals surface area contributed by atoms with E-state index in [2.05, 4.69) is 4.98 Å². The summed E-state index contributed by atoms with van der Waals surface area (Å²) in [6.07, 6.45) is 5.13. The smallest absolute Gasteiger partial charge is 0.331 e. The molecule has 0 bridgehead atoms. The number of pyridine rings is 1. The van der Waals surface area contributed by atoms with Gasteiger partial charge < -0.3 is 4.74 Å². The summed E-state index contributed by atoms with van der Waals surface area (Å²) in [5.74, 6) is -0.419. The molecule has 0 aliphatic heterocycles. The minimum Gasteiger partial charge on any atom is -0.458 e. The van der Waals surface area contributed by atoms with Crippen LogP contribution in [-0.2, 0) is 16.1 Å². The Balaban J connectivity index is 1.69. The van der Waals surface area contributed by atoms with Crippen LogP contribution in [0.25, 0.3) is 17.0 Å². The second-order valence-electron chi connectivity index (χ2n) is 5.35. The number of rotatable bonds is 5. The maximum Gasteiger partial charge on any atom is 0.331 e. The quantitative estimate of drug-likeness (QED) is 0.262. The number of ether oxygens (including phenoxy) is 1. The lowest BCUT2D eigenvalue weighted by Gasteiger charge is -2.07. The van der Waals surface area contributed by atoms with Crippen molar-refractivity contribution in [2.24, 2.45) is 0 Å². The fourth-order valence-electron chi connectivity index (χ4n) is 2.32. The highest BCUT2D eigenvalue weighted by Gasteiger charge is 2.08. The lowest BCUT2D eigenvalue weighted by molar-refractivity contribution is -0.138. The van der Waals surface area contributed by atoms with E-state index >= 15 is 0 Å². The summed E-state index contributed by atoms with van der Waals surface area (Å²) in [4.78, 5) is 17.4. The first-order valence-electron chi connectivity index (χ1n) is 7.69. The highest BCUT2D eigenvalue weighted by Crippen LogP contribution is 2.25. The molecule has 0 aliphatic carbocycles. The van der Waals surface area contributed by atoms with Gasteiger partial charge in [-0.25, -0.2) is 9.78 Å². The number of hydrogen-bond donors (Lipinski definition) is 0. The van der Waals surface area contributed by atoms with Gasteiger partial charge in [-0.05, 0) is 36.1 Å². The number of nitrogens with zero attached hydrogens (tertiary/aromatic N) is 1. The van der Waals surface area contributed by atoms with Crippen molar-refractivity contribution in [2.75, 3.05) is 6.26 Å². The number of halogens is 1. The Kier molecular flexibility index (Phi) is 5.74. The van der Waals surface area contributed by atoms with Gasteiger partial charge in [-0.2, -0.15) is 0 Å². The van der Waals surface area contributed by atoms with Crippen molar-refractivity contribution >= 4 is 46.3 Å². The molecule has 0 saturated heterocycles. The zero-order valence-corrected chi connectivity index (χ0v) is 15.2. The maximum absolute atomic E-state index is 11.9. The van der Waals surface area contributed by atoms with Crippen LogP contribution in [-0.4, -0.2) is 17.2 Å². The van der Waals surface area contributed by atoms with Crippen LogP contribution in [0.1, 0.15) is 11.1 Å². The van der Waals surface area contributed by atoms with E-state index in [0.717, 1.165) is 21.4 Å². The molecular formula is C20H16ClNO2S. The first-order valence-corrected chi connectivity index (χ1v) is 9.29. The van der Waals surface area contributed by atoms with Gasteiger partial charge in [-0.3, -0.25) is 0 Å². The molecule has 0 radical (unpaired) electrons. The van der Waals surface area contributed by atoms with Crippen molar-refractivity contribution in [1.29, 1.82) is 0 Å². The van der Waals surface area contributed by atoms with E-state index in [-0.39, 0.29) is 6.61 Å². The molecule has 3 nitrogen and oxygen atoms in total. The van der Waals surface area contributed by atoms with E-state index in [9.17, 15) is 4.79 Å². The Morgan fingerprint density at radius 2 is 2.00 bits per heavy atom. The molecule has 2 aromatic carbocycles. The molecule has 0 atom stereocenters. The third-order valence-corrected chi connectivity index (χ3v) is 4.68. The molecule has 126 valence electrons. The first kappa shape index (κ1) is 17.5. The van der Waals surface area contributed by atoms with Crippen LogP contribution in [0.2, 0.25) is 5.15 Å². The second-order valence-corrected chi connectivity index (χ2v) is 6.59. The molecule has 0 amide bonds. The van der Waals surface area contributed by atoms with E-state index in [1.54, 1.807) is 17.8 Å².